The first-order valence-electron chi connectivity index (χ1n) is 7.45. The Hall–Kier alpha value is -1.13. The summed E-state index contributed by atoms with van der Waals surface area (Å²) in [5.41, 5.74) is 1.40. The molecule has 2 aliphatic rings. The lowest BCUT2D eigenvalue weighted by Crippen LogP contribution is -2.50. The minimum Gasteiger partial charge on any atom is -0.340 e. The molecule has 1 atom stereocenters. The van der Waals surface area contributed by atoms with Crippen LogP contribution < -0.4 is 0 Å². The number of allylic oxidation sites excluding steroid dienone is 2. The van der Waals surface area contributed by atoms with Gasteiger partial charge in [0.2, 0.25) is 5.91 Å². The maximum Gasteiger partial charge on any atom is 0.226 e. The molecule has 0 saturated carbocycles. The van der Waals surface area contributed by atoms with Crippen LogP contribution in [-0.4, -0.2) is 41.9 Å². The fourth-order valence-corrected chi connectivity index (χ4v) is 3.88. The predicted octanol–water partition coefficient (Wildman–Crippen LogP) is 2.92. The Kier molecular flexibility index (Phi) is 4.22. The van der Waals surface area contributed by atoms with Crippen LogP contribution in [0, 0.1) is 5.92 Å². The lowest BCUT2D eigenvalue weighted by atomic mass is 10.0. The largest absolute Gasteiger partial charge is 0.340 e. The van der Waals surface area contributed by atoms with Crippen molar-refractivity contribution in [1.82, 2.24) is 9.80 Å². The summed E-state index contributed by atoms with van der Waals surface area (Å²) >= 11 is 1.76. The number of carbonyl (C=O) groups is 1. The number of hydrogen-bond donors (Lipinski definition) is 0. The summed E-state index contributed by atoms with van der Waals surface area (Å²) in [6.07, 6.45) is 6.14. The van der Waals surface area contributed by atoms with E-state index in [4.69, 9.17) is 0 Å². The van der Waals surface area contributed by atoms with Crippen LogP contribution in [0.4, 0.5) is 0 Å². The number of carbonyl (C=O) groups excluding carboxylic acids is 1. The Labute approximate surface area is 124 Å². The number of rotatable bonds is 3. The summed E-state index contributed by atoms with van der Waals surface area (Å²) in [5, 5.41) is 4.37. The van der Waals surface area contributed by atoms with Crippen molar-refractivity contribution in [2.24, 2.45) is 5.92 Å². The van der Waals surface area contributed by atoms with Crippen molar-refractivity contribution in [3.8, 4) is 0 Å². The molecule has 0 N–H and O–H groups in total. The molecule has 0 aromatic carbocycles. The molecular formula is C16H22N2OS. The Balaban J connectivity index is 1.53. The zero-order valence-corrected chi connectivity index (χ0v) is 12.8. The van der Waals surface area contributed by atoms with Crippen LogP contribution in [0.15, 0.2) is 29.0 Å². The topological polar surface area (TPSA) is 23.6 Å². The zero-order chi connectivity index (χ0) is 13.9. The lowest BCUT2D eigenvalue weighted by Gasteiger charge is -2.38. The monoisotopic (exact) mass is 290 g/mol. The molecular weight excluding hydrogens is 268 g/mol. The van der Waals surface area contributed by atoms with Gasteiger partial charge in [-0.15, -0.1) is 0 Å². The van der Waals surface area contributed by atoms with Crippen molar-refractivity contribution >= 4 is 17.2 Å². The Morgan fingerprint density at radius 2 is 1.95 bits per heavy atom. The summed E-state index contributed by atoms with van der Waals surface area (Å²) in [4.78, 5) is 16.9. The molecule has 3 nitrogen and oxygen atoms in total. The van der Waals surface area contributed by atoms with Gasteiger partial charge in [0.05, 0.1) is 0 Å². The number of hydrogen-bond acceptors (Lipinski definition) is 3. The minimum absolute atomic E-state index is 0.218. The molecule has 1 aromatic rings. The van der Waals surface area contributed by atoms with Gasteiger partial charge < -0.3 is 4.90 Å². The third-order valence-corrected chi connectivity index (χ3v) is 5.26. The predicted molar refractivity (Wildman–Crippen MR) is 82.8 cm³/mol. The Morgan fingerprint density at radius 1 is 1.25 bits per heavy atom. The van der Waals surface area contributed by atoms with Crippen LogP contribution in [0.2, 0.25) is 0 Å². The first kappa shape index (κ1) is 13.8. The molecule has 3 rings (SSSR count). The van der Waals surface area contributed by atoms with E-state index in [0.717, 1.165) is 39.0 Å². The van der Waals surface area contributed by atoms with Crippen LogP contribution in [0.1, 0.15) is 31.4 Å². The average Bonchev–Trinajstić information content (AvgIpc) is 3.18. The maximum atomic E-state index is 12.4. The van der Waals surface area contributed by atoms with Crippen molar-refractivity contribution in [3.05, 3.63) is 34.5 Å². The molecule has 1 amide bonds. The summed E-state index contributed by atoms with van der Waals surface area (Å²) in [6, 6.07) is 2.67. The van der Waals surface area contributed by atoms with Gasteiger partial charge in [0, 0.05) is 38.1 Å². The van der Waals surface area contributed by atoms with Crippen molar-refractivity contribution in [1.29, 1.82) is 0 Å². The van der Waals surface area contributed by atoms with E-state index in [-0.39, 0.29) is 5.92 Å². The fourth-order valence-electron chi connectivity index (χ4n) is 3.13. The smallest absolute Gasteiger partial charge is 0.226 e. The second-order valence-corrected chi connectivity index (χ2v) is 6.51. The van der Waals surface area contributed by atoms with E-state index in [1.54, 1.807) is 11.3 Å². The van der Waals surface area contributed by atoms with E-state index in [1.807, 2.05) is 0 Å². The molecule has 2 heterocycles. The average molecular weight is 290 g/mol. The second-order valence-electron chi connectivity index (χ2n) is 5.73. The van der Waals surface area contributed by atoms with E-state index in [2.05, 4.69) is 45.7 Å². The van der Waals surface area contributed by atoms with Crippen LogP contribution in [0.3, 0.4) is 0 Å². The number of nitrogens with zero attached hydrogens (tertiary/aromatic N) is 2. The SMILES string of the molecule is C[C@@H](c1ccsc1)N1CCN(C(=O)C2CC=CC2)CC1. The highest BCUT2D eigenvalue weighted by Crippen LogP contribution is 2.25. The Morgan fingerprint density at radius 3 is 2.55 bits per heavy atom. The second kappa shape index (κ2) is 6.10. The van der Waals surface area contributed by atoms with E-state index in [9.17, 15) is 4.79 Å². The molecule has 1 fully saturated rings. The molecule has 1 saturated heterocycles. The number of piperazine rings is 1. The molecule has 0 radical (unpaired) electrons. The standard InChI is InChI=1S/C16H22N2OS/c1-13(15-6-11-20-12-15)17-7-9-18(10-8-17)16(19)14-4-2-3-5-14/h2-3,6,11-14H,4-5,7-10H2,1H3/t13-/m0/s1. The first-order chi connectivity index (χ1) is 9.75. The quantitative estimate of drug-likeness (QED) is 0.799. The van der Waals surface area contributed by atoms with E-state index < -0.39 is 0 Å². The molecule has 0 bridgehead atoms. The molecule has 1 aromatic heterocycles. The zero-order valence-electron chi connectivity index (χ0n) is 12.0. The van der Waals surface area contributed by atoms with Crippen LogP contribution in [-0.2, 0) is 4.79 Å². The van der Waals surface area contributed by atoms with E-state index in [0.29, 0.717) is 11.9 Å². The lowest BCUT2D eigenvalue weighted by molar-refractivity contribution is -0.137. The molecule has 4 heteroatoms. The van der Waals surface area contributed by atoms with Gasteiger partial charge in [-0.25, -0.2) is 0 Å². The molecule has 0 spiro atoms. The maximum absolute atomic E-state index is 12.4. The summed E-state index contributed by atoms with van der Waals surface area (Å²) < 4.78 is 0. The van der Waals surface area contributed by atoms with Crippen molar-refractivity contribution in [2.45, 2.75) is 25.8 Å². The van der Waals surface area contributed by atoms with Gasteiger partial charge >= 0.3 is 0 Å². The fraction of sp³-hybridized carbons (Fsp3) is 0.562. The molecule has 1 aliphatic carbocycles. The van der Waals surface area contributed by atoms with Crippen LogP contribution in [0.25, 0.3) is 0 Å². The molecule has 108 valence electrons. The van der Waals surface area contributed by atoms with Gasteiger partial charge in [-0.2, -0.15) is 11.3 Å². The number of thiophene rings is 1. The van der Waals surface area contributed by atoms with E-state index >= 15 is 0 Å². The van der Waals surface area contributed by atoms with Crippen molar-refractivity contribution in [3.63, 3.8) is 0 Å². The van der Waals surface area contributed by atoms with Gasteiger partial charge in [0.15, 0.2) is 0 Å². The third kappa shape index (κ3) is 2.81. The normalized spacial score (nSPS) is 22.4. The van der Waals surface area contributed by atoms with Crippen molar-refractivity contribution < 1.29 is 4.79 Å². The van der Waals surface area contributed by atoms with Crippen molar-refractivity contribution in [2.75, 3.05) is 26.2 Å². The summed E-state index contributed by atoms with van der Waals surface area (Å²) in [7, 11) is 0. The van der Waals surface area contributed by atoms with Gasteiger partial charge in [0.25, 0.3) is 0 Å². The van der Waals surface area contributed by atoms with E-state index in [1.165, 1.54) is 5.56 Å². The van der Waals surface area contributed by atoms with Gasteiger partial charge in [-0.3, -0.25) is 9.69 Å². The van der Waals surface area contributed by atoms with Gasteiger partial charge in [-0.1, -0.05) is 12.2 Å². The van der Waals surface area contributed by atoms with Gasteiger partial charge in [0.1, 0.15) is 0 Å². The van der Waals surface area contributed by atoms with Gasteiger partial charge in [-0.05, 0) is 42.2 Å². The Bertz CT molecular complexity index is 467. The molecule has 20 heavy (non-hydrogen) atoms. The molecule has 0 unspecified atom stereocenters. The highest BCUT2D eigenvalue weighted by molar-refractivity contribution is 7.07. The summed E-state index contributed by atoms with van der Waals surface area (Å²) in [6.45, 7) is 6.00. The highest BCUT2D eigenvalue weighted by Gasteiger charge is 2.29. The first-order valence-corrected chi connectivity index (χ1v) is 8.40. The highest BCUT2D eigenvalue weighted by atomic mass is 32.1. The third-order valence-electron chi connectivity index (χ3n) is 4.56. The number of amides is 1. The van der Waals surface area contributed by atoms with Crippen LogP contribution >= 0.6 is 11.3 Å². The van der Waals surface area contributed by atoms with Crippen LogP contribution in [0.5, 0.6) is 0 Å². The summed E-state index contributed by atoms with van der Waals surface area (Å²) in [5.74, 6) is 0.577. The minimum atomic E-state index is 0.218. The molecule has 1 aliphatic heterocycles.